The predicted octanol–water partition coefficient (Wildman–Crippen LogP) is 5.02. The number of aromatic nitrogens is 6. The highest BCUT2D eigenvalue weighted by atomic mass is 35.5. The summed E-state index contributed by atoms with van der Waals surface area (Å²) >= 11 is 6.57. The molecule has 180 valence electrons. The Morgan fingerprint density at radius 3 is 2.69 bits per heavy atom. The zero-order valence-corrected chi connectivity index (χ0v) is 19.4. The van der Waals surface area contributed by atoms with E-state index in [4.69, 9.17) is 11.6 Å². The molecule has 0 aliphatic heterocycles. The topological polar surface area (TPSA) is 126 Å². The molecule has 0 aromatic carbocycles. The maximum atomic E-state index is 13.0. The molecule has 0 fully saturated rings. The van der Waals surface area contributed by atoms with Crippen LogP contribution in [-0.2, 0) is 6.18 Å². The number of nitrogens with zero attached hydrogens (tertiary/aromatic N) is 5. The second-order valence-electron chi connectivity index (χ2n) is 7.35. The van der Waals surface area contributed by atoms with Crippen LogP contribution in [-0.4, -0.2) is 41.8 Å². The molecule has 0 aliphatic carbocycles. The van der Waals surface area contributed by atoms with Crippen molar-refractivity contribution in [1.29, 1.82) is 0 Å². The number of aromatic amines is 1. The van der Waals surface area contributed by atoms with E-state index in [9.17, 15) is 22.8 Å². The molecule has 4 aromatic heterocycles. The van der Waals surface area contributed by atoms with Gasteiger partial charge in [-0.05, 0) is 18.2 Å². The Balaban J connectivity index is 1.42. The molecule has 4 rings (SSSR count). The number of carbonyl (C=O) groups excluding carboxylic acids is 2. The Labute approximate surface area is 204 Å². The number of halogens is 4. The number of rotatable bonds is 7. The third kappa shape index (κ3) is 5.69. The summed E-state index contributed by atoms with van der Waals surface area (Å²) in [4.78, 5) is 41.5. The minimum Gasteiger partial charge on any atom is -0.306 e. The van der Waals surface area contributed by atoms with E-state index in [2.05, 4.69) is 35.5 Å². The zero-order chi connectivity index (χ0) is 25.2. The van der Waals surface area contributed by atoms with Crippen LogP contribution in [0.25, 0.3) is 11.4 Å². The molecular formula is C21H15ClF3N7O2S. The number of ketones is 1. The maximum Gasteiger partial charge on any atom is 0.418 e. The summed E-state index contributed by atoms with van der Waals surface area (Å²) < 4.78 is 39.1. The first-order valence-electron chi connectivity index (χ1n) is 9.96. The molecule has 35 heavy (non-hydrogen) atoms. The van der Waals surface area contributed by atoms with E-state index >= 15 is 0 Å². The summed E-state index contributed by atoms with van der Waals surface area (Å²) in [5, 5.41) is 8.86. The number of nitrogens with one attached hydrogen (secondary N) is 2. The van der Waals surface area contributed by atoms with E-state index in [1.807, 2.05) is 0 Å². The molecule has 1 unspecified atom stereocenters. The Morgan fingerprint density at radius 1 is 1.17 bits per heavy atom. The fourth-order valence-corrected chi connectivity index (χ4v) is 4.12. The first kappa shape index (κ1) is 24.4. The lowest BCUT2D eigenvalue weighted by Gasteiger charge is -2.10. The molecule has 1 amide bonds. The first-order valence-corrected chi connectivity index (χ1v) is 11.2. The molecule has 0 saturated heterocycles. The molecule has 0 bridgehead atoms. The standard InChI is InChI=1S/C21H15ClF3N7O2S/c1-10(4-16(33)15-6-14(28-9-29-15)13-2-3-30-32-13)20-27-8-17(35-20)19(34)31-18-5-11(21(23,24)25)12(22)7-26-18/h2-3,5-10H,4H2,1H3,(H,30,32)(H,26,31,34). The molecule has 4 heterocycles. The van der Waals surface area contributed by atoms with Crippen LogP contribution < -0.4 is 5.32 Å². The van der Waals surface area contributed by atoms with Gasteiger partial charge in [-0.15, -0.1) is 11.3 Å². The zero-order valence-electron chi connectivity index (χ0n) is 17.8. The number of carbonyl (C=O) groups is 2. The second kappa shape index (κ2) is 9.88. The van der Waals surface area contributed by atoms with Gasteiger partial charge in [0.15, 0.2) is 5.78 Å². The van der Waals surface area contributed by atoms with Gasteiger partial charge in [0, 0.05) is 24.7 Å². The summed E-state index contributed by atoms with van der Waals surface area (Å²) in [5.41, 5.74) is 0.274. The minimum atomic E-state index is -4.69. The van der Waals surface area contributed by atoms with Crippen molar-refractivity contribution in [1.82, 2.24) is 30.1 Å². The van der Waals surface area contributed by atoms with Crippen LogP contribution in [0.15, 0.2) is 43.1 Å². The number of pyridine rings is 1. The highest BCUT2D eigenvalue weighted by molar-refractivity contribution is 7.13. The Bertz CT molecular complexity index is 1380. The normalized spacial score (nSPS) is 12.4. The van der Waals surface area contributed by atoms with Gasteiger partial charge in [-0.3, -0.25) is 14.7 Å². The van der Waals surface area contributed by atoms with Crippen molar-refractivity contribution in [2.75, 3.05) is 5.32 Å². The summed E-state index contributed by atoms with van der Waals surface area (Å²) in [6.07, 6.45) is 0.336. The van der Waals surface area contributed by atoms with Gasteiger partial charge in [-0.2, -0.15) is 18.3 Å². The van der Waals surface area contributed by atoms with Crippen molar-refractivity contribution < 1.29 is 22.8 Å². The number of anilines is 1. The van der Waals surface area contributed by atoms with Crippen molar-refractivity contribution in [3.8, 4) is 11.4 Å². The van der Waals surface area contributed by atoms with Crippen molar-refractivity contribution >= 4 is 40.4 Å². The third-order valence-electron chi connectivity index (χ3n) is 4.79. The van der Waals surface area contributed by atoms with Crippen molar-refractivity contribution in [2.45, 2.75) is 25.4 Å². The molecule has 1 atom stereocenters. The number of thiazole rings is 1. The monoisotopic (exact) mass is 521 g/mol. The smallest absolute Gasteiger partial charge is 0.306 e. The van der Waals surface area contributed by atoms with Crippen LogP contribution in [0.3, 0.4) is 0 Å². The molecule has 0 aliphatic rings. The van der Waals surface area contributed by atoms with E-state index < -0.39 is 22.7 Å². The maximum absolute atomic E-state index is 13.0. The Kier molecular flexibility index (Phi) is 6.89. The summed E-state index contributed by atoms with van der Waals surface area (Å²) in [6, 6.07) is 3.92. The number of hydrogen-bond donors (Lipinski definition) is 2. The van der Waals surface area contributed by atoms with E-state index in [0.29, 0.717) is 22.5 Å². The van der Waals surface area contributed by atoms with Gasteiger partial charge in [-0.1, -0.05) is 18.5 Å². The first-order chi connectivity index (χ1) is 16.6. The highest BCUT2D eigenvalue weighted by Gasteiger charge is 2.34. The fraction of sp³-hybridized carbons (Fsp3) is 0.190. The molecule has 14 heteroatoms. The van der Waals surface area contributed by atoms with Crippen LogP contribution in [0, 0.1) is 0 Å². The minimum absolute atomic E-state index is 0.0711. The lowest BCUT2D eigenvalue weighted by Crippen LogP contribution is -2.13. The van der Waals surface area contributed by atoms with Crippen molar-refractivity contribution in [3.63, 3.8) is 0 Å². The van der Waals surface area contributed by atoms with Crippen LogP contribution in [0.4, 0.5) is 19.0 Å². The van der Waals surface area contributed by atoms with Crippen molar-refractivity contribution in [3.05, 3.63) is 69.3 Å². The fourth-order valence-electron chi connectivity index (χ4n) is 3.05. The molecule has 0 saturated carbocycles. The Morgan fingerprint density at radius 2 is 1.97 bits per heavy atom. The molecule has 9 nitrogen and oxygen atoms in total. The molecule has 0 radical (unpaired) electrons. The number of Topliss-reactive ketones (excluding diaryl/α,β-unsaturated/α-hetero) is 1. The van der Waals surface area contributed by atoms with Gasteiger partial charge >= 0.3 is 6.18 Å². The summed E-state index contributed by atoms with van der Waals surface area (Å²) in [5.74, 6) is -1.58. The van der Waals surface area contributed by atoms with Crippen LogP contribution in [0.2, 0.25) is 5.02 Å². The summed E-state index contributed by atoms with van der Waals surface area (Å²) in [6.45, 7) is 1.77. The number of hydrogen-bond acceptors (Lipinski definition) is 8. The van der Waals surface area contributed by atoms with Crippen molar-refractivity contribution in [2.24, 2.45) is 0 Å². The van der Waals surface area contributed by atoms with Crippen LogP contribution in [0.1, 0.15) is 50.0 Å². The average molecular weight is 522 g/mol. The van der Waals surface area contributed by atoms with Crippen LogP contribution >= 0.6 is 22.9 Å². The lowest BCUT2D eigenvalue weighted by molar-refractivity contribution is -0.137. The van der Waals surface area contributed by atoms with E-state index in [1.54, 1.807) is 25.3 Å². The van der Waals surface area contributed by atoms with E-state index in [0.717, 1.165) is 17.5 Å². The number of alkyl halides is 3. The molecule has 0 spiro atoms. The van der Waals surface area contributed by atoms with E-state index in [-0.39, 0.29) is 34.5 Å². The van der Waals surface area contributed by atoms with E-state index in [1.165, 1.54) is 12.5 Å². The van der Waals surface area contributed by atoms with Gasteiger partial charge in [0.2, 0.25) is 0 Å². The molecular weight excluding hydrogens is 507 g/mol. The largest absolute Gasteiger partial charge is 0.418 e. The van der Waals surface area contributed by atoms with Gasteiger partial charge in [0.05, 0.1) is 33.2 Å². The van der Waals surface area contributed by atoms with Gasteiger partial charge in [0.25, 0.3) is 5.91 Å². The van der Waals surface area contributed by atoms with Gasteiger partial charge in [-0.25, -0.2) is 19.9 Å². The lowest BCUT2D eigenvalue weighted by atomic mass is 10.0. The second-order valence-corrected chi connectivity index (χ2v) is 8.82. The molecule has 2 N–H and O–H groups in total. The van der Waals surface area contributed by atoms with Gasteiger partial charge < -0.3 is 5.32 Å². The van der Waals surface area contributed by atoms with Gasteiger partial charge in [0.1, 0.15) is 22.7 Å². The SMILES string of the molecule is CC(CC(=O)c1cc(-c2ccn[nH]2)ncn1)c1ncc(C(=O)Nc2cc(C(F)(F)F)c(Cl)cn2)s1. The number of amides is 1. The highest BCUT2D eigenvalue weighted by Crippen LogP contribution is 2.35. The Hall–Kier alpha value is -3.71. The predicted molar refractivity (Wildman–Crippen MR) is 121 cm³/mol. The molecule has 4 aromatic rings. The van der Waals surface area contributed by atoms with Crippen LogP contribution in [0.5, 0.6) is 0 Å². The third-order valence-corrected chi connectivity index (χ3v) is 6.32. The number of H-pyrrole nitrogens is 1. The average Bonchev–Trinajstić information content (AvgIpc) is 3.52. The quantitative estimate of drug-likeness (QED) is 0.327. The summed E-state index contributed by atoms with van der Waals surface area (Å²) in [7, 11) is 0.